The van der Waals surface area contributed by atoms with Crippen molar-refractivity contribution in [2.24, 2.45) is 5.41 Å². The Hall–Kier alpha value is -1.14. The molecule has 1 unspecified atom stereocenters. The molecule has 1 fully saturated rings. The number of hydrogen-bond donors (Lipinski definition) is 2. The average Bonchev–Trinajstić information content (AvgIpc) is 2.71. The maximum atomic E-state index is 11.5. The summed E-state index contributed by atoms with van der Waals surface area (Å²) in [5.41, 5.74) is 1.54. The van der Waals surface area contributed by atoms with E-state index in [4.69, 9.17) is 4.98 Å². The van der Waals surface area contributed by atoms with Gasteiger partial charge in [0.1, 0.15) is 0 Å². The van der Waals surface area contributed by atoms with Gasteiger partial charge in [-0.1, -0.05) is 25.2 Å². The smallest absolute Gasteiger partial charge is 0.221 e. The third-order valence-electron chi connectivity index (χ3n) is 4.37. The third kappa shape index (κ3) is 3.06. The van der Waals surface area contributed by atoms with Gasteiger partial charge >= 0.3 is 0 Å². The van der Waals surface area contributed by atoms with Crippen molar-refractivity contribution in [2.75, 3.05) is 31.6 Å². The number of carbonyl (C=O) groups excluding carboxylic acids is 1. The predicted octanol–water partition coefficient (Wildman–Crippen LogP) is 1.70. The molecule has 3 rings (SSSR count). The van der Waals surface area contributed by atoms with Crippen molar-refractivity contribution >= 4 is 22.4 Å². The van der Waals surface area contributed by atoms with Crippen LogP contribution >= 0.6 is 11.3 Å². The van der Waals surface area contributed by atoms with Gasteiger partial charge in [-0.3, -0.25) is 4.79 Å². The molecule has 2 N–H and O–H groups in total. The molecule has 1 aliphatic carbocycles. The monoisotopic (exact) mass is 308 g/mol. The van der Waals surface area contributed by atoms with Crippen molar-refractivity contribution in [3.05, 3.63) is 10.6 Å². The molecule has 0 saturated carbocycles. The fourth-order valence-corrected chi connectivity index (χ4v) is 4.49. The van der Waals surface area contributed by atoms with Gasteiger partial charge in [0.15, 0.2) is 5.13 Å². The molecule has 1 aromatic rings. The molecule has 2 heterocycles. The summed E-state index contributed by atoms with van der Waals surface area (Å²) in [6.45, 7) is 6.96. The first-order valence-corrected chi connectivity index (χ1v) is 8.49. The van der Waals surface area contributed by atoms with Crippen LogP contribution in [0.3, 0.4) is 0 Å². The number of fused-ring (bicyclic) bond motifs is 1. The minimum Gasteiger partial charge on any atom is -0.354 e. The normalized spacial score (nSPS) is 25.2. The molecule has 116 valence electrons. The van der Waals surface area contributed by atoms with Gasteiger partial charge in [-0.25, -0.2) is 4.98 Å². The van der Waals surface area contributed by atoms with E-state index in [1.54, 1.807) is 11.3 Å². The van der Waals surface area contributed by atoms with Gasteiger partial charge in [-0.05, 0) is 25.3 Å². The molecule has 1 amide bonds. The van der Waals surface area contributed by atoms with Crippen LogP contribution in [0.15, 0.2) is 0 Å². The predicted molar refractivity (Wildman–Crippen MR) is 85.9 cm³/mol. The molecule has 21 heavy (non-hydrogen) atoms. The first kappa shape index (κ1) is 14.8. The van der Waals surface area contributed by atoms with Gasteiger partial charge < -0.3 is 15.5 Å². The lowest BCUT2D eigenvalue weighted by Crippen LogP contribution is -2.30. The highest BCUT2D eigenvalue weighted by atomic mass is 32.1. The minimum absolute atomic E-state index is 0.146. The second-order valence-corrected chi connectivity index (χ2v) is 7.79. The molecule has 1 atom stereocenters. The Kier molecular flexibility index (Phi) is 3.92. The van der Waals surface area contributed by atoms with E-state index in [2.05, 4.69) is 29.4 Å². The molecular weight excluding hydrogens is 284 g/mol. The zero-order valence-corrected chi connectivity index (χ0v) is 13.8. The summed E-state index contributed by atoms with van der Waals surface area (Å²) in [5.74, 6) is 0.146. The van der Waals surface area contributed by atoms with Gasteiger partial charge in [0, 0.05) is 37.0 Å². The Morgan fingerprint density at radius 1 is 1.43 bits per heavy atom. The zero-order chi connectivity index (χ0) is 15.0. The zero-order valence-electron chi connectivity index (χ0n) is 13.0. The van der Waals surface area contributed by atoms with Crippen molar-refractivity contribution in [1.29, 1.82) is 0 Å². The van der Waals surface area contributed by atoms with E-state index in [9.17, 15) is 4.79 Å². The van der Waals surface area contributed by atoms with E-state index in [0.717, 1.165) is 31.1 Å². The van der Waals surface area contributed by atoms with Gasteiger partial charge in [0.25, 0.3) is 0 Å². The lowest BCUT2D eigenvalue weighted by molar-refractivity contribution is -0.120. The first-order valence-electron chi connectivity index (χ1n) is 7.67. The fourth-order valence-electron chi connectivity index (χ4n) is 3.25. The van der Waals surface area contributed by atoms with Crippen LogP contribution < -0.4 is 15.5 Å². The Labute approximate surface area is 130 Å². The molecule has 0 aromatic carbocycles. The van der Waals surface area contributed by atoms with Crippen LogP contribution in [0.25, 0.3) is 0 Å². The van der Waals surface area contributed by atoms with Gasteiger partial charge in [-0.2, -0.15) is 0 Å². The van der Waals surface area contributed by atoms with E-state index in [1.807, 2.05) is 7.05 Å². The van der Waals surface area contributed by atoms with Gasteiger partial charge in [0.05, 0.1) is 5.69 Å². The summed E-state index contributed by atoms with van der Waals surface area (Å²) >= 11 is 1.80. The summed E-state index contributed by atoms with van der Waals surface area (Å²) in [7, 11) is 2.03. The van der Waals surface area contributed by atoms with E-state index >= 15 is 0 Å². The second kappa shape index (κ2) is 5.57. The summed E-state index contributed by atoms with van der Waals surface area (Å²) in [6.07, 6.45) is 2.76. The number of aromatic nitrogens is 1. The maximum Gasteiger partial charge on any atom is 0.221 e. The SMILES string of the molecule is CNC1CC(C)(C)Cc2nc(N3CCNC(=O)CC3)sc21. The summed E-state index contributed by atoms with van der Waals surface area (Å²) in [6, 6.07) is 0.404. The molecule has 6 heteroatoms. The Bertz CT molecular complexity index is 540. The van der Waals surface area contributed by atoms with E-state index in [-0.39, 0.29) is 5.91 Å². The van der Waals surface area contributed by atoms with Crippen LogP contribution in [0.1, 0.15) is 43.3 Å². The molecule has 2 aliphatic rings. The van der Waals surface area contributed by atoms with Gasteiger partial charge in [0.2, 0.25) is 5.91 Å². The van der Waals surface area contributed by atoms with Gasteiger partial charge in [-0.15, -0.1) is 0 Å². The molecule has 1 aliphatic heterocycles. The number of anilines is 1. The highest BCUT2D eigenvalue weighted by Gasteiger charge is 2.35. The average molecular weight is 308 g/mol. The Balaban J connectivity index is 1.86. The summed E-state index contributed by atoms with van der Waals surface area (Å²) in [5, 5.41) is 7.44. The van der Waals surface area contributed by atoms with Crippen LogP contribution in [0, 0.1) is 5.41 Å². The lowest BCUT2D eigenvalue weighted by Gasteiger charge is -2.34. The van der Waals surface area contributed by atoms with Crippen LogP contribution in [0.2, 0.25) is 0 Å². The first-order chi connectivity index (χ1) is 9.98. The van der Waals surface area contributed by atoms with Crippen molar-refractivity contribution in [2.45, 2.75) is 39.2 Å². The highest BCUT2D eigenvalue weighted by molar-refractivity contribution is 7.15. The molecule has 1 aromatic heterocycles. The second-order valence-electron chi connectivity index (χ2n) is 6.78. The number of carbonyl (C=O) groups is 1. The highest BCUT2D eigenvalue weighted by Crippen LogP contribution is 2.44. The van der Waals surface area contributed by atoms with E-state index < -0.39 is 0 Å². The summed E-state index contributed by atoms with van der Waals surface area (Å²) in [4.78, 5) is 20.0. The van der Waals surface area contributed by atoms with Crippen LogP contribution in [0.5, 0.6) is 0 Å². The molecule has 0 bridgehead atoms. The number of hydrogen-bond acceptors (Lipinski definition) is 5. The van der Waals surface area contributed by atoms with Crippen LogP contribution in [0.4, 0.5) is 5.13 Å². The topological polar surface area (TPSA) is 57.3 Å². The molecule has 5 nitrogen and oxygen atoms in total. The number of amides is 1. The van der Waals surface area contributed by atoms with E-state index in [0.29, 0.717) is 24.4 Å². The van der Waals surface area contributed by atoms with Crippen molar-refractivity contribution in [1.82, 2.24) is 15.6 Å². The largest absolute Gasteiger partial charge is 0.354 e. The van der Waals surface area contributed by atoms with Crippen molar-refractivity contribution < 1.29 is 4.79 Å². The number of nitrogens with one attached hydrogen (secondary N) is 2. The Morgan fingerprint density at radius 3 is 3.00 bits per heavy atom. The third-order valence-corrected chi connectivity index (χ3v) is 5.64. The quantitative estimate of drug-likeness (QED) is 0.873. The standard InChI is InChI=1S/C15H24N4OS/c1-15(2)8-10(16-3)13-11(9-15)18-14(21-13)19-6-4-12(20)17-5-7-19/h10,16H,4-9H2,1-3H3,(H,17,20). The lowest BCUT2D eigenvalue weighted by atomic mass is 9.76. The summed E-state index contributed by atoms with van der Waals surface area (Å²) < 4.78 is 0. The Morgan fingerprint density at radius 2 is 2.24 bits per heavy atom. The molecule has 0 radical (unpaired) electrons. The van der Waals surface area contributed by atoms with Crippen LogP contribution in [-0.4, -0.2) is 37.6 Å². The van der Waals surface area contributed by atoms with Crippen molar-refractivity contribution in [3.63, 3.8) is 0 Å². The fraction of sp³-hybridized carbons (Fsp3) is 0.733. The maximum absolute atomic E-state index is 11.5. The number of nitrogens with zero attached hydrogens (tertiary/aromatic N) is 2. The van der Waals surface area contributed by atoms with Crippen molar-refractivity contribution in [3.8, 4) is 0 Å². The molecule has 0 spiro atoms. The number of rotatable bonds is 2. The molecular formula is C15H24N4OS. The van der Waals surface area contributed by atoms with Crippen LogP contribution in [-0.2, 0) is 11.2 Å². The number of thiazole rings is 1. The van der Waals surface area contributed by atoms with E-state index in [1.165, 1.54) is 10.6 Å². The molecule has 1 saturated heterocycles. The minimum atomic E-state index is 0.146.